The van der Waals surface area contributed by atoms with Crippen LogP contribution in [0.15, 0.2) is 99.9 Å². The number of thiazole rings is 1. The van der Waals surface area contributed by atoms with Gasteiger partial charge in [0.05, 0.1) is 29.0 Å². The van der Waals surface area contributed by atoms with E-state index in [0.29, 0.717) is 20.6 Å². The van der Waals surface area contributed by atoms with E-state index >= 15 is 0 Å². The number of amides is 1. The third-order valence-corrected chi connectivity index (χ3v) is 7.17. The van der Waals surface area contributed by atoms with Crippen LogP contribution in [-0.2, 0) is 4.79 Å². The Morgan fingerprint density at radius 3 is 2.39 bits per heavy atom. The third kappa shape index (κ3) is 4.41. The van der Waals surface area contributed by atoms with Gasteiger partial charge in [-0.2, -0.15) is 0 Å². The van der Waals surface area contributed by atoms with Gasteiger partial charge in [0.15, 0.2) is 4.80 Å². The van der Waals surface area contributed by atoms with E-state index in [2.05, 4.69) is 5.32 Å². The molecule has 0 radical (unpaired) electrons. The largest absolute Gasteiger partial charge is 0.497 e. The van der Waals surface area contributed by atoms with Crippen LogP contribution >= 0.6 is 11.3 Å². The van der Waals surface area contributed by atoms with Gasteiger partial charge in [-0.3, -0.25) is 14.2 Å². The van der Waals surface area contributed by atoms with Crippen LogP contribution in [0.5, 0.6) is 5.75 Å². The van der Waals surface area contributed by atoms with Crippen molar-refractivity contribution >= 4 is 29.0 Å². The van der Waals surface area contributed by atoms with E-state index in [1.807, 2.05) is 98.8 Å². The van der Waals surface area contributed by atoms with Gasteiger partial charge in [-0.05, 0) is 54.8 Å². The highest BCUT2D eigenvalue weighted by molar-refractivity contribution is 7.07. The number of ether oxygens (including phenoxy) is 1. The summed E-state index contributed by atoms with van der Waals surface area (Å²) in [5, 5.41) is 3.03. The maximum absolute atomic E-state index is 13.7. The number of carbonyl (C=O) groups is 1. The Labute approximate surface area is 212 Å². The molecule has 6 nitrogen and oxygen atoms in total. The van der Waals surface area contributed by atoms with Crippen LogP contribution in [0.2, 0.25) is 0 Å². The summed E-state index contributed by atoms with van der Waals surface area (Å²) >= 11 is 1.32. The highest BCUT2D eigenvalue weighted by Gasteiger charge is 2.32. The summed E-state index contributed by atoms with van der Waals surface area (Å²) in [5.74, 6) is 0.474. The minimum absolute atomic E-state index is 0.183. The molecule has 0 fully saturated rings. The maximum Gasteiger partial charge on any atom is 0.271 e. The zero-order chi connectivity index (χ0) is 25.2. The fourth-order valence-corrected chi connectivity index (χ4v) is 5.36. The lowest BCUT2D eigenvalue weighted by atomic mass is 9.95. The Morgan fingerprint density at radius 1 is 1.00 bits per heavy atom. The number of anilines is 1. The zero-order valence-electron chi connectivity index (χ0n) is 20.2. The quantitative estimate of drug-likeness (QED) is 0.451. The van der Waals surface area contributed by atoms with E-state index < -0.39 is 6.04 Å². The minimum Gasteiger partial charge on any atom is -0.497 e. The summed E-state index contributed by atoms with van der Waals surface area (Å²) in [6, 6.07) is 24.1. The Balaban J connectivity index is 1.64. The lowest BCUT2D eigenvalue weighted by Gasteiger charge is -2.25. The van der Waals surface area contributed by atoms with E-state index in [1.165, 1.54) is 11.3 Å². The van der Waals surface area contributed by atoms with Gasteiger partial charge >= 0.3 is 0 Å². The summed E-state index contributed by atoms with van der Waals surface area (Å²) in [7, 11) is 1.62. The highest BCUT2D eigenvalue weighted by atomic mass is 32.1. The molecule has 180 valence electrons. The van der Waals surface area contributed by atoms with Crippen molar-refractivity contribution in [1.82, 2.24) is 4.57 Å². The minimum atomic E-state index is -0.593. The van der Waals surface area contributed by atoms with Gasteiger partial charge in [0.25, 0.3) is 11.5 Å². The molecule has 0 saturated carbocycles. The summed E-state index contributed by atoms with van der Waals surface area (Å²) < 4.78 is 7.42. The Morgan fingerprint density at radius 2 is 1.69 bits per heavy atom. The Kier molecular flexibility index (Phi) is 6.40. The molecule has 0 bridgehead atoms. The molecule has 1 amide bonds. The number of allylic oxidation sites excluding steroid dienone is 1. The lowest BCUT2D eigenvalue weighted by molar-refractivity contribution is -0.113. The smallest absolute Gasteiger partial charge is 0.271 e. The van der Waals surface area contributed by atoms with Crippen molar-refractivity contribution in [2.24, 2.45) is 4.99 Å². The second-order valence-corrected chi connectivity index (χ2v) is 9.54. The van der Waals surface area contributed by atoms with Crippen molar-refractivity contribution in [3.05, 3.63) is 127 Å². The number of hydrogen-bond donors (Lipinski definition) is 1. The number of methoxy groups -OCH3 is 1. The first kappa shape index (κ1) is 23.5. The van der Waals surface area contributed by atoms with Crippen molar-refractivity contribution in [3.63, 3.8) is 0 Å². The molecular weight excluding hydrogens is 470 g/mol. The molecule has 4 aromatic rings. The molecule has 1 N–H and O–H groups in total. The van der Waals surface area contributed by atoms with Gasteiger partial charge in [0, 0.05) is 5.69 Å². The second-order valence-electron chi connectivity index (χ2n) is 8.53. The number of para-hydroxylation sites is 1. The average molecular weight is 496 g/mol. The molecule has 5 rings (SSSR count). The second kappa shape index (κ2) is 9.79. The summed E-state index contributed by atoms with van der Waals surface area (Å²) in [6.45, 7) is 3.77. The van der Waals surface area contributed by atoms with Crippen molar-refractivity contribution in [3.8, 4) is 5.75 Å². The van der Waals surface area contributed by atoms with Gasteiger partial charge in [0.2, 0.25) is 0 Å². The first-order valence-corrected chi connectivity index (χ1v) is 12.4. The molecule has 1 aromatic heterocycles. The summed E-state index contributed by atoms with van der Waals surface area (Å²) in [4.78, 5) is 32.6. The Bertz CT molecular complexity index is 1650. The third-order valence-electron chi connectivity index (χ3n) is 6.19. The van der Waals surface area contributed by atoms with Crippen LogP contribution in [0.3, 0.4) is 0 Å². The van der Waals surface area contributed by atoms with Crippen LogP contribution in [0.4, 0.5) is 5.69 Å². The summed E-state index contributed by atoms with van der Waals surface area (Å²) in [5.41, 5.74) is 4.27. The molecule has 0 saturated heterocycles. The molecule has 1 aliphatic heterocycles. The van der Waals surface area contributed by atoms with E-state index in [0.717, 1.165) is 28.1 Å². The number of rotatable bonds is 5. The van der Waals surface area contributed by atoms with Crippen LogP contribution in [-0.4, -0.2) is 17.6 Å². The van der Waals surface area contributed by atoms with E-state index in [4.69, 9.17) is 9.73 Å². The van der Waals surface area contributed by atoms with Gasteiger partial charge in [-0.25, -0.2) is 4.99 Å². The number of aryl methyl sites for hydroxylation is 1. The van der Waals surface area contributed by atoms with Crippen molar-refractivity contribution in [2.75, 3.05) is 12.4 Å². The predicted octanol–water partition coefficient (Wildman–Crippen LogP) is 4.19. The monoisotopic (exact) mass is 495 g/mol. The number of nitrogens with one attached hydrogen (secondary N) is 1. The molecule has 0 aliphatic carbocycles. The van der Waals surface area contributed by atoms with Gasteiger partial charge in [-0.1, -0.05) is 72.0 Å². The molecule has 3 aromatic carbocycles. The normalized spacial score (nSPS) is 15.3. The van der Waals surface area contributed by atoms with E-state index in [1.54, 1.807) is 11.7 Å². The Hall–Kier alpha value is -4.23. The van der Waals surface area contributed by atoms with Crippen LogP contribution in [0.25, 0.3) is 6.08 Å². The van der Waals surface area contributed by atoms with Gasteiger partial charge in [0.1, 0.15) is 5.75 Å². The molecule has 1 atom stereocenters. The topological polar surface area (TPSA) is 72.7 Å². The first-order valence-electron chi connectivity index (χ1n) is 11.5. The van der Waals surface area contributed by atoms with Gasteiger partial charge < -0.3 is 10.1 Å². The molecule has 7 heteroatoms. The number of hydrogen-bond acceptors (Lipinski definition) is 5. The molecule has 0 spiro atoms. The fourth-order valence-electron chi connectivity index (χ4n) is 4.32. The summed E-state index contributed by atoms with van der Waals surface area (Å²) in [6.07, 6.45) is 1.84. The number of benzene rings is 3. The zero-order valence-corrected chi connectivity index (χ0v) is 21.0. The van der Waals surface area contributed by atoms with Crippen molar-refractivity contribution in [1.29, 1.82) is 0 Å². The first-order chi connectivity index (χ1) is 17.5. The highest BCUT2D eigenvalue weighted by Crippen LogP contribution is 2.31. The van der Waals surface area contributed by atoms with Crippen LogP contribution < -0.4 is 24.9 Å². The lowest BCUT2D eigenvalue weighted by Crippen LogP contribution is -2.40. The van der Waals surface area contributed by atoms with Gasteiger partial charge in [-0.15, -0.1) is 0 Å². The standard InChI is InChI=1S/C29H25N3O3S/c1-18-9-7-8-12-23(18)31-27(33)25-19(2)30-29-32(26(25)21-10-5-4-6-11-21)28(34)24(36-29)17-20-13-15-22(35-3)16-14-20/h4-17,26H,1-3H3,(H,31,33)/b24-17+/t26-/m0/s1. The number of aromatic nitrogens is 1. The number of fused-ring (bicyclic) bond motifs is 1. The van der Waals surface area contributed by atoms with Crippen LogP contribution in [0.1, 0.15) is 29.7 Å². The van der Waals surface area contributed by atoms with Crippen molar-refractivity contribution < 1.29 is 9.53 Å². The molecule has 36 heavy (non-hydrogen) atoms. The van der Waals surface area contributed by atoms with Crippen molar-refractivity contribution in [2.45, 2.75) is 19.9 Å². The predicted molar refractivity (Wildman–Crippen MR) is 143 cm³/mol. The maximum atomic E-state index is 13.7. The molecule has 0 unspecified atom stereocenters. The fraction of sp³-hybridized carbons (Fsp3) is 0.138. The molecular formula is C29H25N3O3S. The number of carbonyl (C=O) groups excluding carboxylic acids is 1. The SMILES string of the molecule is COc1ccc(/C=c2/sc3n(c2=O)[C@@H](c2ccccc2)C(C(=O)Nc2ccccc2C)=C(C)N=3)cc1. The molecule has 1 aliphatic rings. The number of nitrogens with zero attached hydrogens (tertiary/aromatic N) is 2. The van der Waals surface area contributed by atoms with E-state index in [9.17, 15) is 9.59 Å². The van der Waals surface area contributed by atoms with E-state index in [-0.39, 0.29) is 11.5 Å². The molecule has 2 heterocycles. The average Bonchev–Trinajstić information content (AvgIpc) is 3.19. The van der Waals surface area contributed by atoms with Crippen LogP contribution in [0, 0.1) is 6.92 Å².